The van der Waals surface area contributed by atoms with Gasteiger partial charge in [0, 0.05) is 6.07 Å². The molecule has 0 aliphatic carbocycles. The highest BCUT2D eigenvalue weighted by atomic mass is 19.4. The van der Waals surface area contributed by atoms with Crippen LogP contribution in [0.4, 0.5) is 22.0 Å². The van der Waals surface area contributed by atoms with Crippen LogP contribution in [0.25, 0.3) is 0 Å². The maximum absolute atomic E-state index is 11.9. The van der Waals surface area contributed by atoms with E-state index in [9.17, 15) is 22.0 Å². The number of hydrogen-bond acceptors (Lipinski definition) is 3. The normalized spacial score (nSPS) is 11.1. The van der Waals surface area contributed by atoms with E-state index in [1.807, 2.05) is 0 Å². The van der Waals surface area contributed by atoms with Crippen molar-refractivity contribution in [1.82, 2.24) is 0 Å². The number of ether oxygens (including phenoxy) is 2. The van der Waals surface area contributed by atoms with Gasteiger partial charge < -0.3 is 9.47 Å². The molecule has 17 heavy (non-hydrogen) atoms. The predicted octanol–water partition coefficient (Wildman–Crippen LogP) is 3.06. The second-order valence-corrected chi connectivity index (χ2v) is 2.70. The van der Waals surface area contributed by atoms with Crippen molar-refractivity contribution in [3.05, 3.63) is 23.8 Å². The Morgan fingerprint density at radius 1 is 1.18 bits per heavy atom. The van der Waals surface area contributed by atoms with Gasteiger partial charge in [-0.25, -0.2) is 0 Å². The zero-order chi connectivity index (χ0) is 13.1. The molecular formula is C9H4F5NO2. The molecule has 1 aromatic carbocycles. The lowest BCUT2D eigenvalue weighted by Crippen LogP contribution is -2.18. The summed E-state index contributed by atoms with van der Waals surface area (Å²) < 4.78 is 66.9. The maximum Gasteiger partial charge on any atom is 0.573 e. The van der Waals surface area contributed by atoms with Gasteiger partial charge in [-0.2, -0.15) is 14.0 Å². The van der Waals surface area contributed by atoms with E-state index in [2.05, 4.69) is 9.47 Å². The molecule has 1 rings (SSSR count). The molecule has 0 aliphatic rings. The third-order valence-corrected chi connectivity index (χ3v) is 1.51. The summed E-state index contributed by atoms with van der Waals surface area (Å²) in [6, 6.07) is 4.03. The van der Waals surface area contributed by atoms with E-state index < -0.39 is 24.5 Å². The fourth-order valence-corrected chi connectivity index (χ4v) is 0.975. The Kier molecular flexibility index (Phi) is 3.73. The Morgan fingerprint density at radius 3 is 2.29 bits per heavy atom. The summed E-state index contributed by atoms with van der Waals surface area (Å²) in [5.74, 6) is -1.78. The van der Waals surface area contributed by atoms with Crippen LogP contribution in [0, 0.1) is 11.3 Å². The fourth-order valence-electron chi connectivity index (χ4n) is 0.975. The summed E-state index contributed by atoms with van der Waals surface area (Å²) >= 11 is 0. The number of nitriles is 1. The smallest absolute Gasteiger partial charge is 0.431 e. The minimum atomic E-state index is -5.06. The molecular weight excluding hydrogens is 249 g/mol. The lowest BCUT2D eigenvalue weighted by molar-refractivity contribution is -0.275. The molecule has 0 heterocycles. The number of benzene rings is 1. The lowest BCUT2D eigenvalue weighted by Gasteiger charge is -2.13. The summed E-state index contributed by atoms with van der Waals surface area (Å²) in [6.07, 6.45) is -5.06. The number of halogens is 5. The average molecular weight is 253 g/mol. The fraction of sp³-hybridized carbons (Fsp3) is 0.222. The van der Waals surface area contributed by atoms with Gasteiger partial charge in [-0.15, -0.1) is 13.2 Å². The second kappa shape index (κ2) is 4.86. The molecule has 0 aliphatic heterocycles. The molecule has 92 valence electrons. The summed E-state index contributed by atoms with van der Waals surface area (Å²) in [5.41, 5.74) is -0.175. The quantitative estimate of drug-likeness (QED) is 0.777. The van der Waals surface area contributed by atoms with Crippen LogP contribution in [0.3, 0.4) is 0 Å². The third kappa shape index (κ3) is 4.14. The van der Waals surface area contributed by atoms with Crippen molar-refractivity contribution in [2.75, 3.05) is 0 Å². The summed E-state index contributed by atoms with van der Waals surface area (Å²) in [5, 5.41) is 8.46. The largest absolute Gasteiger partial charge is 0.573 e. The molecule has 0 fully saturated rings. The zero-order valence-corrected chi connectivity index (χ0v) is 7.96. The van der Waals surface area contributed by atoms with Crippen LogP contribution < -0.4 is 9.47 Å². The van der Waals surface area contributed by atoms with Crippen molar-refractivity contribution in [3.8, 4) is 17.6 Å². The van der Waals surface area contributed by atoms with Gasteiger partial charge in [0.2, 0.25) is 0 Å². The Bertz CT molecular complexity index is 438. The van der Waals surface area contributed by atoms with E-state index in [-0.39, 0.29) is 5.56 Å². The predicted molar refractivity (Wildman–Crippen MR) is 44.5 cm³/mol. The molecule has 0 unspecified atom stereocenters. The van der Waals surface area contributed by atoms with Crippen molar-refractivity contribution >= 4 is 0 Å². The van der Waals surface area contributed by atoms with Gasteiger partial charge in [0.25, 0.3) is 0 Å². The highest BCUT2D eigenvalue weighted by Gasteiger charge is 2.33. The van der Waals surface area contributed by atoms with Crippen LogP contribution in [0.2, 0.25) is 0 Å². The van der Waals surface area contributed by atoms with Crippen LogP contribution in [-0.2, 0) is 0 Å². The number of rotatable bonds is 3. The molecule has 0 saturated heterocycles. The Morgan fingerprint density at radius 2 is 1.82 bits per heavy atom. The van der Waals surface area contributed by atoms with Crippen LogP contribution in [0.1, 0.15) is 5.56 Å². The third-order valence-electron chi connectivity index (χ3n) is 1.51. The molecule has 0 atom stereocenters. The van der Waals surface area contributed by atoms with Gasteiger partial charge in [0.05, 0.1) is 11.6 Å². The number of hydrogen-bond donors (Lipinski definition) is 0. The Hall–Kier alpha value is -2.04. The first-order valence-corrected chi connectivity index (χ1v) is 4.06. The molecule has 0 aromatic heterocycles. The van der Waals surface area contributed by atoms with Crippen LogP contribution in [-0.4, -0.2) is 13.0 Å². The standard InChI is InChI=1S/C9H4F5NO2/c10-8(11)16-6-2-1-5(4-15)3-7(6)17-9(12,13)14/h1-3,8H. The highest BCUT2D eigenvalue weighted by molar-refractivity contribution is 5.46. The zero-order valence-electron chi connectivity index (χ0n) is 7.96. The van der Waals surface area contributed by atoms with Crippen LogP contribution in [0.5, 0.6) is 11.5 Å². The van der Waals surface area contributed by atoms with Crippen molar-refractivity contribution in [2.24, 2.45) is 0 Å². The first kappa shape index (κ1) is 13.0. The first-order valence-electron chi connectivity index (χ1n) is 4.06. The maximum atomic E-state index is 11.9. The molecule has 0 N–H and O–H groups in total. The SMILES string of the molecule is N#Cc1ccc(OC(F)F)c(OC(F)(F)F)c1. The molecule has 1 aromatic rings. The molecule has 0 radical (unpaired) electrons. The van der Waals surface area contributed by atoms with E-state index in [1.54, 1.807) is 6.07 Å². The van der Waals surface area contributed by atoms with Crippen molar-refractivity contribution in [2.45, 2.75) is 13.0 Å². The first-order chi connectivity index (χ1) is 7.81. The van der Waals surface area contributed by atoms with Crippen molar-refractivity contribution < 1.29 is 31.4 Å². The molecule has 0 spiro atoms. The van der Waals surface area contributed by atoms with E-state index >= 15 is 0 Å². The minimum Gasteiger partial charge on any atom is -0.431 e. The Balaban J connectivity index is 3.08. The topological polar surface area (TPSA) is 42.2 Å². The molecule has 0 saturated carbocycles. The van der Waals surface area contributed by atoms with Crippen molar-refractivity contribution in [1.29, 1.82) is 5.26 Å². The highest BCUT2D eigenvalue weighted by Crippen LogP contribution is 2.33. The van der Waals surface area contributed by atoms with Gasteiger partial charge in [-0.3, -0.25) is 0 Å². The van der Waals surface area contributed by atoms with Crippen LogP contribution in [0.15, 0.2) is 18.2 Å². The van der Waals surface area contributed by atoms with E-state index in [4.69, 9.17) is 5.26 Å². The molecule has 0 amide bonds. The van der Waals surface area contributed by atoms with Crippen LogP contribution >= 0.6 is 0 Å². The van der Waals surface area contributed by atoms with Gasteiger partial charge in [-0.05, 0) is 12.1 Å². The average Bonchev–Trinajstić information content (AvgIpc) is 2.17. The molecule has 8 heteroatoms. The number of alkyl halides is 5. The van der Waals surface area contributed by atoms with E-state index in [0.717, 1.165) is 12.1 Å². The second-order valence-electron chi connectivity index (χ2n) is 2.70. The van der Waals surface area contributed by atoms with Gasteiger partial charge >= 0.3 is 13.0 Å². The summed E-state index contributed by atoms with van der Waals surface area (Å²) in [7, 11) is 0. The number of nitrogens with zero attached hydrogens (tertiary/aromatic N) is 1. The van der Waals surface area contributed by atoms with Gasteiger partial charge in [0.15, 0.2) is 11.5 Å². The lowest BCUT2D eigenvalue weighted by atomic mass is 10.2. The molecule has 3 nitrogen and oxygen atoms in total. The minimum absolute atomic E-state index is 0.175. The van der Waals surface area contributed by atoms with Gasteiger partial charge in [0.1, 0.15) is 0 Å². The molecule has 0 bridgehead atoms. The summed E-state index contributed by atoms with van der Waals surface area (Å²) in [4.78, 5) is 0. The van der Waals surface area contributed by atoms with E-state index in [1.165, 1.54) is 0 Å². The Labute approximate surface area is 92.0 Å². The van der Waals surface area contributed by atoms with Crippen molar-refractivity contribution in [3.63, 3.8) is 0 Å². The van der Waals surface area contributed by atoms with Gasteiger partial charge in [-0.1, -0.05) is 0 Å². The monoisotopic (exact) mass is 253 g/mol. The van der Waals surface area contributed by atoms with E-state index in [0.29, 0.717) is 6.07 Å². The summed E-state index contributed by atoms with van der Waals surface area (Å²) in [6.45, 7) is -3.29.